The van der Waals surface area contributed by atoms with E-state index in [0.717, 1.165) is 24.1 Å². The highest BCUT2D eigenvalue weighted by Gasteiger charge is 2.41. The lowest BCUT2D eigenvalue weighted by molar-refractivity contribution is 0.566. The summed E-state index contributed by atoms with van der Waals surface area (Å²) >= 11 is 0. The maximum atomic E-state index is 11.5. The van der Waals surface area contributed by atoms with E-state index in [1.165, 1.54) is 25.7 Å². The molecular formula is C14H20N2O. The lowest BCUT2D eigenvalue weighted by atomic mass is 10.1. The minimum absolute atomic E-state index is 0.0902. The summed E-state index contributed by atoms with van der Waals surface area (Å²) in [6.07, 6.45) is 7.46. The van der Waals surface area contributed by atoms with Gasteiger partial charge in [-0.2, -0.15) is 0 Å². The number of hydrogen-bond acceptors (Lipinski definition) is 2. The second-order valence-electron chi connectivity index (χ2n) is 5.39. The van der Waals surface area contributed by atoms with Crippen molar-refractivity contribution in [3.63, 3.8) is 0 Å². The highest BCUT2D eigenvalue weighted by molar-refractivity contribution is 5.42. The molecule has 1 N–H and O–H groups in total. The quantitative estimate of drug-likeness (QED) is 0.846. The molecule has 2 aliphatic carbocycles. The smallest absolute Gasteiger partial charge is 0.250 e. The number of anilines is 1. The Labute approximate surface area is 102 Å². The molecule has 0 saturated heterocycles. The van der Waals surface area contributed by atoms with Gasteiger partial charge in [-0.1, -0.05) is 0 Å². The first-order valence-corrected chi connectivity index (χ1v) is 6.75. The molecule has 0 atom stereocenters. The molecule has 3 heteroatoms. The Hall–Kier alpha value is -1.25. The highest BCUT2D eigenvalue weighted by atomic mass is 16.1. The van der Waals surface area contributed by atoms with E-state index in [4.69, 9.17) is 0 Å². The molecule has 0 spiro atoms. The van der Waals surface area contributed by atoms with Gasteiger partial charge in [0.1, 0.15) is 0 Å². The second-order valence-corrected chi connectivity index (χ2v) is 5.39. The van der Waals surface area contributed by atoms with Crippen LogP contribution in [0.5, 0.6) is 0 Å². The van der Waals surface area contributed by atoms with Crippen LogP contribution >= 0.6 is 0 Å². The molecule has 2 aliphatic rings. The van der Waals surface area contributed by atoms with E-state index in [1.54, 1.807) is 10.6 Å². The van der Waals surface area contributed by atoms with Crippen LogP contribution in [0.4, 0.5) is 5.69 Å². The number of pyridine rings is 1. The lowest BCUT2D eigenvalue weighted by Gasteiger charge is -2.19. The molecule has 1 aromatic rings. The average Bonchev–Trinajstić information content (AvgIpc) is 3.18. The first-order chi connectivity index (χ1) is 8.28. The van der Waals surface area contributed by atoms with Crippen molar-refractivity contribution in [3.05, 3.63) is 28.7 Å². The van der Waals surface area contributed by atoms with Crippen molar-refractivity contribution in [2.45, 2.75) is 45.2 Å². The predicted molar refractivity (Wildman–Crippen MR) is 69.2 cm³/mol. The number of hydrogen-bond donors (Lipinski definition) is 1. The Kier molecular flexibility index (Phi) is 2.69. The van der Waals surface area contributed by atoms with Crippen molar-refractivity contribution < 1.29 is 0 Å². The molecule has 3 rings (SSSR count). The number of aromatic nitrogens is 1. The van der Waals surface area contributed by atoms with Gasteiger partial charge < -0.3 is 9.88 Å². The van der Waals surface area contributed by atoms with Gasteiger partial charge in [-0.15, -0.1) is 0 Å². The SMILES string of the molecule is CCn1cc(NC(C2CC2)C2CC2)ccc1=O. The van der Waals surface area contributed by atoms with Gasteiger partial charge >= 0.3 is 0 Å². The van der Waals surface area contributed by atoms with Crippen LogP contribution in [0.3, 0.4) is 0 Å². The molecule has 1 heterocycles. The molecule has 0 aromatic carbocycles. The van der Waals surface area contributed by atoms with Crippen LogP contribution in [0.1, 0.15) is 32.6 Å². The summed E-state index contributed by atoms with van der Waals surface area (Å²) in [5, 5.41) is 3.65. The fraction of sp³-hybridized carbons (Fsp3) is 0.643. The van der Waals surface area contributed by atoms with Crippen LogP contribution in [-0.4, -0.2) is 10.6 Å². The van der Waals surface area contributed by atoms with E-state index in [9.17, 15) is 4.79 Å². The first kappa shape index (κ1) is 10.9. The predicted octanol–water partition coefficient (Wildman–Crippen LogP) is 2.47. The highest BCUT2D eigenvalue weighted by Crippen LogP contribution is 2.45. The molecule has 0 aliphatic heterocycles. The molecule has 0 unspecified atom stereocenters. The third-order valence-corrected chi connectivity index (χ3v) is 3.92. The topological polar surface area (TPSA) is 34.0 Å². The summed E-state index contributed by atoms with van der Waals surface area (Å²) < 4.78 is 1.76. The zero-order chi connectivity index (χ0) is 11.8. The van der Waals surface area contributed by atoms with Crippen molar-refractivity contribution in [1.82, 2.24) is 4.57 Å². The molecule has 17 heavy (non-hydrogen) atoms. The van der Waals surface area contributed by atoms with Crippen molar-refractivity contribution in [1.29, 1.82) is 0 Å². The Morgan fingerprint density at radius 1 is 1.29 bits per heavy atom. The zero-order valence-corrected chi connectivity index (χ0v) is 10.4. The van der Waals surface area contributed by atoms with Gasteiger partial charge in [0.05, 0.1) is 5.69 Å². The molecule has 0 radical (unpaired) electrons. The number of nitrogens with zero attached hydrogens (tertiary/aromatic N) is 1. The summed E-state index contributed by atoms with van der Waals surface area (Å²) in [4.78, 5) is 11.5. The molecule has 0 amide bonds. The Morgan fingerprint density at radius 3 is 2.47 bits per heavy atom. The normalized spacial score (nSPS) is 19.6. The van der Waals surface area contributed by atoms with E-state index >= 15 is 0 Å². The molecule has 0 bridgehead atoms. The second kappa shape index (κ2) is 4.21. The maximum absolute atomic E-state index is 11.5. The Balaban J connectivity index is 1.76. The lowest BCUT2D eigenvalue weighted by Crippen LogP contribution is -2.26. The monoisotopic (exact) mass is 232 g/mol. The van der Waals surface area contributed by atoms with Crippen molar-refractivity contribution in [2.75, 3.05) is 5.32 Å². The fourth-order valence-corrected chi connectivity index (χ4v) is 2.59. The van der Waals surface area contributed by atoms with Crippen LogP contribution < -0.4 is 10.9 Å². The van der Waals surface area contributed by atoms with Crippen molar-refractivity contribution in [3.8, 4) is 0 Å². The molecule has 2 saturated carbocycles. The van der Waals surface area contributed by atoms with E-state index in [2.05, 4.69) is 5.32 Å². The Bertz CT molecular complexity index is 446. The van der Waals surface area contributed by atoms with Crippen LogP contribution in [0.25, 0.3) is 0 Å². The van der Waals surface area contributed by atoms with Crippen LogP contribution in [0.2, 0.25) is 0 Å². The van der Waals surface area contributed by atoms with E-state index < -0.39 is 0 Å². The van der Waals surface area contributed by atoms with Gasteiger partial charge in [0.15, 0.2) is 0 Å². The average molecular weight is 232 g/mol. The summed E-state index contributed by atoms with van der Waals surface area (Å²) in [6.45, 7) is 2.75. The van der Waals surface area contributed by atoms with Gasteiger partial charge in [0.2, 0.25) is 0 Å². The number of rotatable bonds is 5. The van der Waals surface area contributed by atoms with Gasteiger partial charge in [0, 0.05) is 24.8 Å². The minimum atomic E-state index is 0.0902. The van der Waals surface area contributed by atoms with Gasteiger partial charge in [0.25, 0.3) is 5.56 Å². The summed E-state index contributed by atoms with van der Waals surface area (Å²) in [5.74, 6) is 1.76. The minimum Gasteiger partial charge on any atom is -0.381 e. The van der Waals surface area contributed by atoms with Gasteiger partial charge in [-0.05, 0) is 50.5 Å². The largest absolute Gasteiger partial charge is 0.381 e. The van der Waals surface area contributed by atoms with E-state index in [1.807, 2.05) is 19.2 Å². The Morgan fingerprint density at radius 2 is 1.94 bits per heavy atom. The molecule has 3 nitrogen and oxygen atoms in total. The number of nitrogens with one attached hydrogen (secondary N) is 1. The van der Waals surface area contributed by atoms with Crippen LogP contribution in [-0.2, 0) is 6.54 Å². The molecule has 2 fully saturated rings. The van der Waals surface area contributed by atoms with Crippen molar-refractivity contribution in [2.24, 2.45) is 11.8 Å². The van der Waals surface area contributed by atoms with Gasteiger partial charge in [-0.3, -0.25) is 4.79 Å². The van der Waals surface area contributed by atoms with Crippen LogP contribution in [0.15, 0.2) is 23.1 Å². The number of aryl methyl sites for hydroxylation is 1. The summed E-state index contributed by atoms with van der Waals surface area (Å²) in [6, 6.07) is 4.24. The summed E-state index contributed by atoms with van der Waals surface area (Å²) in [5.41, 5.74) is 1.20. The first-order valence-electron chi connectivity index (χ1n) is 6.75. The van der Waals surface area contributed by atoms with Gasteiger partial charge in [-0.25, -0.2) is 0 Å². The fourth-order valence-electron chi connectivity index (χ4n) is 2.59. The maximum Gasteiger partial charge on any atom is 0.250 e. The third-order valence-electron chi connectivity index (χ3n) is 3.92. The van der Waals surface area contributed by atoms with E-state index in [0.29, 0.717) is 6.04 Å². The molecular weight excluding hydrogens is 212 g/mol. The van der Waals surface area contributed by atoms with Crippen LogP contribution in [0, 0.1) is 11.8 Å². The molecule has 1 aromatic heterocycles. The van der Waals surface area contributed by atoms with Crippen molar-refractivity contribution >= 4 is 5.69 Å². The molecule has 92 valence electrons. The zero-order valence-electron chi connectivity index (χ0n) is 10.4. The van der Waals surface area contributed by atoms with E-state index in [-0.39, 0.29) is 5.56 Å². The third kappa shape index (κ3) is 2.38. The standard InChI is InChI=1S/C14H20N2O/c1-2-16-9-12(7-8-13(16)17)15-14(10-3-4-10)11-5-6-11/h7-11,14-15H,2-6H2,1H3. The summed E-state index contributed by atoms with van der Waals surface area (Å²) in [7, 11) is 0.